The zero-order valence-corrected chi connectivity index (χ0v) is 14.6. The van der Waals surface area contributed by atoms with Crippen molar-refractivity contribution < 1.29 is 0 Å². The molecule has 0 bridgehead atoms. The molecular weight excluding hydrogens is 310 g/mol. The topological polar surface area (TPSA) is 68.8 Å². The average molecular weight is 331 g/mol. The van der Waals surface area contributed by atoms with Gasteiger partial charge in [-0.2, -0.15) is 4.98 Å². The minimum Gasteiger partial charge on any atom is -0.329 e. The Balaban J connectivity index is 2.31. The fraction of sp³-hybridized carbons (Fsp3) is 0.150. The molecule has 126 valence electrons. The third kappa shape index (κ3) is 2.96. The smallest absolute Gasteiger partial charge is 0.229 e. The summed E-state index contributed by atoms with van der Waals surface area (Å²) >= 11 is 0. The van der Waals surface area contributed by atoms with Gasteiger partial charge in [-0.1, -0.05) is 30.3 Å². The van der Waals surface area contributed by atoms with Gasteiger partial charge in [-0.15, -0.1) is 0 Å². The minimum absolute atomic E-state index is 0.0376. The van der Waals surface area contributed by atoms with Crippen LogP contribution in [-0.4, -0.2) is 22.9 Å². The molecule has 0 unspecified atom stereocenters. The molecule has 5 heteroatoms. The van der Waals surface area contributed by atoms with E-state index in [2.05, 4.69) is 24.1 Å². The maximum atomic E-state index is 8.23. The van der Waals surface area contributed by atoms with Gasteiger partial charge in [0.2, 0.25) is 5.62 Å². The van der Waals surface area contributed by atoms with E-state index in [0.717, 1.165) is 34.1 Å². The summed E-state index contributed by atoms with van der Waals surface area (Å²) in [5.74, 6) is 0.703. The summed E-state index contributed by atoms with van der Waals surface area (Å²) in [4.78, 5) is 6.40. The molecule has 0 spiro atoms. The number of rotatable bonds is 4. The van der Waals surface area contributed by atoms with Crippen LogP contribution in [-0.2, 0) is 0 Å². The second-order valence-electron chi connectivity index (χ2n) is 5.86. The maximum Gasteiger partial charge on any atom is 0.229 e. The van der Waals surface area contributed by atoms with E-state index in [1.54, 1.807) is 0 Å². The molecule has 3 rings (SSSR count). The summed E-state index contributed by atoms with van der Waals surface area (Å²) < 4.78 is 1.49. The van der Waals surface area contributed by atoms with Crippen LogP contribution in [0.4, 0.5) is 11.5 Å². The summed E-state index contributed by atoms with van der Waals surface area (Å²) in [6, 6.07) is 16.0. The standard InChI is InChI=1S/C20H21N5/c1-4-14(2)15-10-11-17-18(12-15)25(13-21)20(22)23-19(17)24(3)16-8-6-5-7-9-16/h4-13,21-22H,1-3H3/b14-4+,21-13?,22-20?. The normalized spacial score (nSPS) is 11.6. The van der Waals surface area contributed by atoms with Crippen LogP contribution in [0.25, 0.3) is 16.5 Å². The van der Waals surface area contributed by atoms with Crippen molar-refractivity contribution in [2.45, 2.75) is 13.8 Å². The van der Waals surface area contributed by atoms with Gasteiger partial charge in [0, 0.05) is 18.1 Å². The van der Waals surface area contributed by atoms with E-state index < -0.39 is 0 Å². The molecule has 0 atom stereocenters. The molecule has 0 saturated carbocycles. The molecule has 3 aromatic rings. The number of para-hydroxylation sites is 1. The van der Waals surface area contributed by atoms with Crippen molar-refractivity contribution in [3.8, 4) is 0 Å². The highest BCUT2D eigenvalue weighted by molar-refractivity contribution is 5.95. The first-order valence-electron chi connectivity index (χ1n) is 8.10. The van der Waals surface area contributed by atoms with E-state index in [-0.39, 0.29) is 5.62 Å². The first-order valence-corrected chi connectivity index (χ1v) is 8.10. The Morgan fingerprint density at radius 2 is 1.88 bits per heavy atom. The van der Waals surface area contributed by atoms with Gasteiger partial charge in [0.1, 0.15) is 5.82 Å². The van der Waals surface area contributed by atoms with Crippen LogP contribution in [0.1, 0.15) is 19.4 Å². The number of allylic oxidation sites excluding steroid dienone is 2. The number of hydrogen-bond donors (Lipinski definition) is 2. The fourth-order valence-electron chi connectivity index (χ4n) is 2.82. The molecule has 1 aromatic heterocycles. The fourth-order valence-corrected chi connectivity index (χ4v) is 2.82. The third-order valence-electron chi connectivity index (χ3n) is 4.42. The number of nitrogens with zero attached hydrogens (tertiary/aromatic N) is 3. The molecule has 25 heavy (non-hydrogen) atoms. The third-order valence-corrected chi connectivity index (χ3v) is 4.42. The van der Waals surface area contributed by atoms with Crippen LogP contribution in [0.15, 0.2) is 54.6 Å². The Labute approximate surface area is 146 Å². The quantitative estimate of drug-likeness (QED) is 0.557. The van der Waals surface area contributed by atoms with Crippen LogP contribution in [0.3, 0.4) is 0 Å². The molecule has 0 aliphatic rings. The zero-order valence-electron chi connectivity index (χ0n) is 14.6. The number of anilines is 2. The van der Waals surface area contributed by atoms with Crippen molar-refractivity contribution in [2.24, 2.45) is 0 Å². The lowest BCUT2D eigenvalue weighted by molar-refractivity contribution is 0.915. The first kappa shape index (κ1) is 16.6. The molecule has 1 heterocycles. The Morgan fingerprint density at radius 3 is 2.52 bits per heavy atom. The Bertz CT molecular complexity index is 1020. The second-order valence-corrected chi connectivity index (χ2v) is 5.86. The highest BCUT2D eigenvalue weighted by Crippen LogP contribution is 2.29. The number of fused-ring (bicyclic) bond motifs is 1. The van der Waals surface area contributed by atoms with Gasteiger partial charge in [-0.3, -0.25) is 15.4 Å². The largest absolute Gasteiger partial charge is 0.329 e. The monoisotopic (exact) mass is 331 g/mol. The number of hydrogen-bond acceptors (Lipinski definition) is 4. The Kier molecular flexibility index (Phi) is 4.48. The van der Waals surface area contributed by atoms with Crippen molar-refractivity contribution in [3.05, 3.63) is 65.8 Å². The highest BCUT2D eigenvalue weighted by Gasteiger charge is 2.14. The van der Waals surface area contributed by atoms with Crippen molar-refractivity contribution >= 4 is 34.3 Å². The molecule has 5 nitrogen and oxygen atoms in total. The van der Waals surface area contributed by atoms with Gasteiger partial charge >= 0.3 is 0 Å². The van der Waals surface area contributed by atoms with Gasteiger partial charge in [0.05, 0.1) is 11.9 Å². The van der Waals surface area contributed by atoms with Crippen LogP contribution >= 0.6 is 0 Å². The van der Waals surface area contributed by atoms with Gasteiger partial charge < -0.3 is 4.90 Å². The van der Waals surface area contributed by atoms with Crippen molar-refractivity contribution in [1.82, 2.24) is 9.55 Å². The van der Waals surface area contributed by atoms with Gasteiger partial charge in [-0.25, -0.2) is 0 Å². The molecule has 0 aliphatic carbocycles. The van der Waals surface area contributed by atoms with E-state index in [0.29, 0.717) is 5.82 Å². The summed E-state index contributed by atoms with van der Waals surface area (Å²) in [5.41, 5.74) is 4.06. The number of nitrogens with one attached hydrogen (secondary N) is 2. The van der Waals surface area contributed by atoms with Crippen LogP contribution in [0.2, 0.25) is 0 Å². The second kappa shape index (κ2) is 6.73. The predicted molar refractivity (Wildman–Crippen MR) is 104 cm³/mol. The van der Waals surface area contributed by atoms with Crippen LogP contribution in [0.5, 0.6) is 0 Å². The van der Waals surface area contributed by atoms with Crippen molar-refractivity contribution in [1.29, 1.82) is 10.8 Å². The lowest BCUT2D eigenvalue weighted by atomic mass is 10.0. The van der Waals surface area contributed by atoms with E-state index in [4.69, 9.17) is 10.8 Å². The first-order chi connectivity index (χ1) is 12.1. The van der Waals surface area contributed by atoms with Crippen molar-refractivity contribution in [2.75, 3.05) is 11.9 Å². The average Bonchev–Trinajstić information content (AvgIpc) is 2.66. The van der Waals surface area contributed by atoms with E-state index >= 15 is 0 Å². The lowest BCUT2D eigenvalue weighted by Crippen LogP contribution is -2.26. The van der Waals surface area contributed by atoms with Crippen molar-refractivity contribution in [3.63, 3.8) is 0 Å². The summed E-state index contributed by atoms with van der Waals surface area (Å²) in [6.45, 7) is 4.05. The molecular formula is C20H21N5. The van der Waals surface area contributed by atoms with E-state index in [1.165, 1.54) is 4.57 Å². The summed E-state index contributed by atoms with van der Waals surface area (Å²) in [6.07, 6.45) is 3.19. The van der Waals surface area contributed by atoms with Crippen LogP contribution in [0, 0.1) is 10.8 Å². The summed E-state index contributed by atoms with van der Waals surface area (Å²) in [5, 5.41) is 16.8. The zero-order chi connectivity index (χ0) is 18.0. The molecule has 2 aromatic carbocycles. The minimum atomic E-state index is 0.0376. The van der Waals surface area contributed by atoms with Crippen LogP contribution < -0.4 is 10.5 Å². The molecule has 2 N–H and O–H groups in total. The summed E-state index contributed by atoms with van der Waals surface area (Å²) in [7, 11) is 1.94. The number of benzene rings is 2. The van der Waals surface area contributed by atoms with Gasteiger partial charge in [0.15, 0.2) is 0 Å². The highest BCUT2D eigenvalue weighted by atomic mass is 15.2. The predicted octanol–water partition coefficient (Wildman–Crippen LogP) is 4.16. The molecule has 0 fully saturated rings. The molecule has 0 amide bonds. The Morgan fingerprint density at radius 1 is 1.16 bits per heavy atom. The lowest BCUT2D eigenvalue weighted by Gasteiger charge is -2.21. The molecule has 0 aliphatic heterocycles. The molecule has 0 saturated heterocycles. The maximum absolute atomic E-state index is 8.23. The molecule has 0 radical (unpaired) electrons. The Hall–Kier alpha value is -3.21. The van der Waals surface area contributed by atoms with Gasteiger partial charge in [0.25, 0.3) is 0 Å². The van der Waals surface area contributed by atoms with E-state index in [9.17, 15) is 0 Å². The number of aromatic nitrogens is 2. The van der Waals surface area contributed by atoms with E-state index in [1.807, 2.05) is 61.3 Å². The SMILES string of the molecule is C/C=C(\C)c1ccc2c(N(C)c3ccccc3)nc(=N)n(C=N)c2c1. The van der Waals surface area contributed by atoms with Gasteiger partial charge in [-0.05, 0) is 49.2 Å².